The van der Waals surface area contributed by atoms with Crippen LogP contribution in [0.5, 0.6) is 5.75 Å². The van der Waals surface area contributed by atoms with Crippen LogP contribution in [-0.4, -0.2) is 11.0 Å². The van der Waals surface area contributed by atoms with E-state index in [4.69, 9.17) is 10.5 Å². The zero-order chi connectivity index (χ0) is 10.7. The van der Waals surface area contributed by atoms with Crippen LogP contribution in [-0.2, 0) is 0 Å². The lowest BCUT2D eigenvalue weighted by atomic mass is 10.3. The van der Waals surface area contributed by atoms with Gasteiger partial charge >= 0.3 is 5.97 Å². The van der Waals surface area contributed by atoms with Crippen molar-refractivity contribution in [2.75, 3.05) is 5.73 Å². The molecule has 2 rings (SSSR count). The molecule has 0 saturated carbocycles. The van der Waals surface area contributed by atoms with Crippen LogP contribution in [0.3, 0.4) is 0 Å². The van der Waals surface area contributed by atoms with Crippen molar-refractivity contribution in [2.24, 2.45) is 0 Å². The molecule has 4 nitrogen and oxygen atoms in total. The Balaban J connectivity index is 2.09. The Morgan fingerprint density at radius 2 is 2.07 bits per heavy atom. The molecule has 76 valence electrons. The average molecular weight is 220 g/mol. The van der Waals surface area contributed by atoms with Crippen LogP contribution in [0, 0.1) is 0 Å². The van der Waals surface area contributed by atoms with Gasteiger partial charge in [0.25, 0.3) is 0 Å². The van der Waals surface area contributed by atoms with Crippen molar-refractivity contribution in [1.82, 2.24) is 4.98 Å². The van der Waals surface area contributed by atoms with E-state index in [0.29, 0.717) is 16.4 Å². The van der Waals surface area contributed by atoms with Gasteiger partial charge in [0, 0.05) is 17.3 Å². The molecular formula is C10H8N2O2S. The van der Waals surface area contributed by atoms with Crippen LogP contribution >= 0.6 is 11.3 Å². The molecule has 0 aliphatic heterocycles. The van der Waals surface area contributed by atoms with Crippen LogP contribution in [0.1, 0.15) is 9.80 Å². The minimum Gasteiger partial charge on any atom is -0.421 e. The Kier molecular flexibility index (Phi) is 2.64. The fraction of sp³-hybridized carbons (Fsp3) is 0. The summed E-state index contributed by atoms with van der Waals surface area (Å²) in [5, 5.41) is 2.06. The Hall–Kier alpha value is -1.88. The summed E-state index contributed by atoms with van der Waals surface area (Å²) in [6, 6.07) is 6.62. The summed E-state index contributed by atoms with van der Waals surface area (Å²) in [7, 11) is 0. The molecule has 0 bridgehead atoms. The highest BCUT2D eigenvalue weighted by Crippen LogP contribution is 2.15. The lowest BCUT2D eigenvalue weighted by molar-refractivity contribution is 0.0734. The van der Waals surface area contributed by atoms with Crippen LogP contribution in [0.2, 0.25) is 0 Å². The Morgan fingerprint density at radius 1 is 1.33 bits per heavy atom. The number of carbonyl (C=O) groups is 1. The third-order valence-corrected chi connectivity index (χ3v) is 2.45. The van der Waals surface area contributed by atoms with Crippen LogP contribution in [0.4, 0.5) is 5.69 Å². The molecule has 5 heteroatoms. The molecule has 1 heterocycles. The Bertz CT molecular complexity index is 451. The maximum Gasteiger partial charge on any atom is 0.372 e. The van der Waals surface area contributed by atoms with Gasteiger partial charge < -0.3 is 10.5 Å². The topological polar surface area (TPSA) is 65.2 Å². The van der Waals surface area contributed by atoms with Crippen molar-refractivity contribution >= 4 is 23.0 Å². The van der Waals surface area contributed by atoms with Gasteiger partial charge in [0.15, 0.2) is 0 Å². The molecule has 0 aliphatic rings. The minimum absolute atomic E-state index is 0.340. The second-order valence-electron chi connectivity index (χ2n) is 2.80. The molecule has 0 aliphatic carbocycles. The number of rotatable bonds is 2. The molecule has 1 aromatic carbocycles. The van der Waals surface area contributed by atoms with Crippen molar-refractivity contribution in [3.8, 4) is 5.75 Å². The zero-order valence-corrected chi connectivity index (χ0v) is 8.53. The molecule has 2 aromatic rings. The number of nitrogens with two attached hydrogens (primary N) is 1. The number of ether oxygens (including phenoxy) is 1. The number of nitrogens with zero attached hydrogens (tertiary/aromatic N) is 1. The number of anilines is 1. The van der Waals surface area contributed by atoms with E-state index in [1.165, 1.54) is 11.3 Å². The molecule has 0 fully saturated rings. The van der Waals surface area contributed by atoms with Crippen molar-refractivity contribution in [3.63, 3.8) is 0 Å². The molecule has 0 spiro atoms. The standard InChI is InChI=1S/C10H8N2O2S/c11-7-1-3-8(4-2-7)14-10(13)9-12-5-6-15-9/h1-6H,11H2. The molecule has 0 amide bonds. The van der Waals surface area contributed by atoms with Crippen molar-refractivity contribution in [1.29, 1.82) is 0 Å². The summed E-state index contributed by atoms with van der Waals surface area (Å²) < 4.78 is 5.07. The molecule has 2 N–H and O–H groups in total. The van der Waals surface area contributed by atoms with Gasteiger partial charge in [-0.2, -0.15) is 0 Å². The van der Waals surface area contributed by atoms with Gasteiger partial charge in [-0.3, -0.25) is 0 Å². The normalized spacial score (nSPS) is 9.87. The molecule has 0 radical (unpaired) electrons. The third-order valence-electron chi connectivity index (χ3n) is 1.70. The summed E-state index contributed by atoms with van der Waals surface area (Å²) in [6.45, 7) is 0. The summed E-state index contributed by atoms with van der Waals surface area (Å²) >= 11 is 1.24. The number of aromatic nitrogens is 1. The maximum absolute atomic E-state index is 11.5. The predicted molar refractivity (Wildman–Crippen MR) is 57.9 cm³/mol. The summed E-state index contributed by atoms with van der Waals surface area (Å²) in [6.07, 6.45) is 1.56. The zero-order valence-electron chi connectivity index (χ0n) is 7.71. The first-order chi connectivity index (χ1) is 7.25. The number of hydrogen-bond donors (Lipinski definition) is 1. The minimum atomic E-state index is -0.449. The van der Waals surface area contributed by atoms with E-state index in [2.05, 4.69) is 4.98 Å². The van der Waals surface area contributed by atoms with Crippen molar-refractivity contribution in [3.05, 3.63) is 40.8 Å². The lowest BCUT2D eigenvalue weighted by Crippen LogP contribution is -2.07. The molecule has 1 aromatic heterocycles. The van der Waals surface area contributed by atoms with Crippen LogP contribution in [0.25, 0.3) is 0 Å². The number of hydrogen-bond acceptors (Lipinski definition) is 5. The largest absolute Gasteiger partial charge is 0.421 e. The maximum atomic E-state index is 11.5. The average Bonchev–Trinajstić information content (AvgIpc) is 2.74. The smallest absolute Gasteiger partial charge is 0.372 e. The monoisotopic (exact) mass is 220 g/mol. The van der Waals surface area contributed by atoms with Gasteiger partial charge in [-0.15, -0.1) is 11.3 Å². The second-order valence-corrected chi connectivity index (χ2v) is 3.69. The first-order valence-electron chi connectivity index (χ1n) is 4.23. The number of nitrogen functional groups attached to an aromatic ring is 1. The van der Waals surface area contributed by atoms with Gasteiger partial charge in [-0.1, -0.05) is 0 Å². The Morgan fingerprint density at radius 3 is 2.67 bits per heavy atom. The predicted octanol–water partition coefficient (Wildman–Crippen LogP) is 1.94. The van der Waals surface area contributed by atoms with Gasteiger partial charge in [-0.25, -0.2) is 9.78 Å². The third kappa shape index (κ3) is 2.32. The molecule has 0 unspecified atom stereocenters. The fourth-order valence-electron chi connectivity index (χ4n) is 1.01. The molecule has 15 heavy (non-hydrogen) atoms. The highest BCUT2D eigenvalue weighted by atomic mass is 32.1. The Labute approximate surface area is 90.3 Å². The highest BCUT2D eigenvalue weighted by Gasteiger charge is 2.10. The first kappa shape index (κ1) is 9.67. The molecule has 0 atom stereocenters. The summed E-state index contributed by atoms with van der Waals surface area (Å²) in [5.41, 5.74) is 6.13. The highest BCUT2D eigenvalue weighted by molar-refractivity contribution is 7.11. The van der Waals surface area contributed by atoms with Crippen LogP contribution in [0.15, 0.2) is 35.8 Å². The van der Waals surface area contributed by atoms with E-state index in [-0.39, 0.29) is 0 Å². The number of esters is 1. The number of thiazole rings is 1. The second kappa shape index (κ2) is 4.10. The van der Waals surface area contributed by atoms with E-state index < -0.39 is 5.97 Å². The van der Waals surface area contributed by atoms with E-state index in [9.17, 15) is 4.79 Å². The molecule has 0 saturated heterocycles. The molecular weight excluding hydrogens is 212 g/mol. The summed E-state index contributed by atoms with van der Waals surface area (Å²) in [5.74, 6) is 0.0131. The SMILES string of the molecule is Nc1ccc(OC(=O)c2nccs2)cc1. The van der Waals surface area contributed by atoms with Crippen molar-refractivity contribution in [2.45, 2.75) is 0 Å². The first-order valence-corrected chi connectivity index (χ1v) is 5.11. The van der Waals surface area contributed by atoms with E-state index in [1.807, 2.05) is 0 Å². The summed E-state index contributed by atoms with van der Waals surface area (Å²) in [4.78, 5) is 15.3. The van der Waals surface area contributed by atoms with E-state index in [1.54, 1.807) is 35.8 Å². The fourth-order valence-corrected chi connectivity index (χ4v) is 1.52. The number of benzene rings is 1. The van der Waals surface area contributed by atoms with Gasteiger partial charge in [0.05, 0.1) is 0 Å². The van der Waals surface area contributed by atoms with Crippen LogP contribution < -0.4 is 10.5 Å². The quantitative estimate of drug-likeness (QED) is 0.477. The number of carbonyl (C=O) groups excluding carboxylic acids is 1. The van der Waals surface area contributed by atoms with Gasteiger partial charge in [0.1, 0.15) is 5.75 Å². The van der Waals surface area contributed by atoms with E-state index >= 15 is 0 Å². The van der Waals surface area contributed by atoms with E-state index in [0.717, 1.165) is 0 Å². The van der Waals surface area contributed by atoms with Gasteiger partial charge in [0.2, 0.25) is 5.01 Å². The lowest BCUT2D eigenvalue weighted by Gasteiger charge is -2.01. The van der Waals surface area contributed by atoms with Crippen molar-refractivity contribution < 1.29 is 9.53 Å². The van der Waals surface area contributed by atoms with Gasteiger partial charge in [-0.05, 0) is 24.3 Å².